The van der Waals surface area contributed by atoms with E-state index in [4.69, 9.17) is 4.74 Å². The van der Waals surface area contributed by atoms with Gasteiger partial charge in [0.1, 0.15) is 6.61 Å². The molecule has 0 radical (unpaired) electrons. The Kier molecular flexibility index (Phi) is 5.56. The molecular formula is C19H24FN3O3. The number of hydrogen-bond acceptors (Lipinski definition) is 4. The van der Waals surface area contributed by atoms with Gasteiger partial charge in [0.05, 0.1) is 12.3 Å². The number of carbonyl (C=O) groups is 1. The summed E-state index contributed by atoms with van der Waals surface area (Å²) in [6.07, 6.45) is 2.62. The first-order chi connectivity index (χ1) is 12.6. The molecule has 0 unspecified atom stereocenters. The zero-order chi connectivity index (χ0) is 18.6. The molecule has 26 heavy (non-hydrogen) atoms. The van der Waals surface area contributed by atoms with Crippen molar-refractivity contribution in [2.45, 2.75) is 32.8 Å². The second kappa shape index (κ2) is 7.86. The van der Waals surface area contributed by atoms with Gasteiger partial charge in [0.2, 0.25) is 0 Å². The minimum absolute atomic E-state index is 0.0789. The Morgan fingerprint density at radius 2 is 2.27 bits per heavy atom. The van der Waals surface area contributed by atoms with Crippen molar-refractivity contribution in [3.8, 4) is 5.75 Å². The lowest BCUT2D eigenvalue weighted by Gasteiger charge is -2.41. The maximum atomic E-state index is 13.6. The van der Waals surface area contributed by atoms with Crippen molar-refractivity contribution < 1.29 is 19.0 Å². The summed E-state index contributed by atoms with van der Waals surface area (Å²) >= 11 is 0. The molecule has 3 rings (SSSR count). The predicted molar refractivity (Wildman–Crippen MR) is 94.3 cm³/mol. The van der Waals surface area contributed by atoms with Gasteiger partial charge in [-0.2, -0.15) is 5.10 Å². The number of carbonyl (C=O) groups excluding carboxylic acids is 1. The van der Waals surface area contributed by atoms with Crippen molar-refractivity contribution in [1.82, 2.24) is 15.1 Å². The molecule has 1 aliphatic rings. The molecule has 0 saturated carbocycles. The Labute approximate surface area is 152 Å². The van der Waals surface area contributed by atoms with Gasteiger partial charge in [-0.05, 0) is 37.5 Å². The number of rotatable bonds is 6. The Morgan fingerprint density at radius 1 is 1.46 bits per heavy atom. The van der Waals surface area contributed by atoms with E-state index in [2.05, 4.69) is 10.2 Å². The van der Waals surface area contributed by atoms with Crippen molar-refractivity contribution in [2.24, 2.45) is 5.41 Å². The van der Waals surface area contributed by atoms with Gasteiger partial charge in [-0.25, -0.2) is 4.39 Å². The van der Waals surface area contributed by atoms with Crippen LogP contribution in [-0.2, 0) is 6.61 Å². The molecule has 1 aliphatic heterocycles. The van der Waals surface area contributed by atoms with E-state index in [1.54, 1.807) is 29.2 Å². The number of H-pyrrole nitrogens is 1. The first-order valence-electron chi connectivity index (χ1n) is 8.88. The van der Waals surface area contributed by atoms with Crippen LogP contribution < -0.4 is 4.74 Å². The number of aliphatic hydroxyl groups excluding tert-OH is 1. The summed E-state index contributed by atoms with van der Waals surface area (Å²) in [7, 11) is 0. The number of nitrogens with one attached hydrogen (secondary N) is 1. The van der Waals surface area contributed by atoms with Crippen LogP contribution in [0.1, 0.15) is 42.4 Å². The highest BCUT2D eigenvalue weighted by molar-refractivity contribution is 5.92. The summed E-state index contributed by atoms with van der Waals surface area (Å²) < 4.78 is 19.0. The van der Waals surface area contributed by atoms with Crippen LogP contribution in [0.15, 0.2) is 30.3 Å². The van der Waals surface area contributed by atoms with E-state index in [0.29, 0.717) is 24.5 Å². The Balaban J connectivity index is 1.63. The molecule has 2 aromatic rings. The van der Waals surface area contributed by atoms with E-state index in [1.807, 2.05) is 6.92 Å². The summed E-state index contributed by atoms with van der Waals surface area (Å²) in [5.41, 5.74) is 0.681. The lowest BCUT2D eigenvalue weighted by molar-refractivity contribution is 0.0248. The number of aliphatic hydroxyl groups is 1. The standard InChI is InChI=1S/C19H24FN3O3/c1-2-19(13-24)8-5-9-23(12-19)18(25)16-10-14(21-22-16)11-26-17-7-4-3-6-15(17)20/h3-4,6-7,10,24H,2,5,8-9,11-13H2,1H3,(H,21,22)/t19-/m1/s1. The van der Waals surface area contributed by atoms with E-state index < -0.39 is 5.82 Å². The molecule has 2 heterocycles. The number of aromatic nitrogens is 2. The molecular weight excluding hydrogens is 337 g/mol. The molecule has 0 spiro atoms. The Hall–Kier alpha value is -2.41. The number of ether oxygens (including phenoxy) is 1. The lowest BCUT2D eigenvalue weighted by atomic mass is 9.78. The number of nitrogens with zero attached hydrogens (tertiary/aromatic N) is 2. The van der Waals surface area contributed by atoms with Crippen molar-refractivity contribution in [3.63, 3.8) is 0 Å². The number of likely N-dealkylation sites (tertiary alicyclic amines) is 1. The lowest BCUT2D eigenvalue weighted by Crippen LogP contribution is -2.47. The SMILES string of the molecule is CC[C@@]1(CO)CCCN(C(=O)c2cc(COc3ccccc3F)[nH]n2)C1. The highest BCUT2D eigenvalue weighted by Gasteiger charge is 2.36. The monoisotopic (exact) mass is 361 g/mol. The quantitative estimate of drug-likeness (QED) is 0.829. The fourth-order valence-corrected chi connectivity index (χ4v) is 3.34. The minimum Gasteiger partial charge on any atom is -0.484 e. The average Bonchev–Trinajstić information content (AvgIpc) is 3.15. The van der Waals surface area contributed by atoms with Crippen molar-refractivity contribution in [3.05, 3.63) is 47.5 Å². The van der Waals surface area contributed by atoms with Gasteiger partial charge in [0.15, 0.2) is 17.3 Å². The van der Waals surface area contributed by atoms with Crippen LogP contribution >= 0.6 is 0 Å². The third kappa shape index (κ3) is 3.88. The van der Waals surface area contributed by atoms with Gasteiger partial charge in [-0.3, -0.25) is 9.89 Å². The fourth-order valence-electron chi connectivity index (χ4n) is 3.34. The molecule has 6 nitrogen and oxygen atoms in total. The second-order valence-corrected chi connectivity index (χ2v) is 6.84. The van der Waals surface area contributed by atoms with E-state index in [1.165, 1.54) is 6.07 Å². The largest absolute Gasteiger partial charge is 0.484 e. The van der Waals surface area contributed by atoms with Crippen molar-refractivity contribution in [1.29, 1.82) is 0 Å². The predicted octanol–water partition coefficient (Wildman–Crippen LogP) is 2.75. The molecule has 2 N–H and O–H groups in total. The zero-order valence-electron chi connectivity index (χ0n) is 14.9. The number of halogens is 1. The summed E-state index contributed by atoms with van der Waals surface area (Å²) in [5, 5.41) is 16.6. The summed E-state index contributed by atoms with van der Waals surface area (Å²) in [6, 6.07) is 7.79. The van der Waals surface area contributed by atoms with Gasteiger partial charge >= 0.3 is 0 Å². The van der Waals surface area contributed by atoms with E-state index in [-0.39, 0.29) is 30.3 Å². The van der Waals surface area contributed by atoms with E-state index in [0.717, 1.165) is 19.3 Å². The van der Waals surface area contributed by atoms with Gasteiger partial charge in [0, 0.05) is 18.5 Å². The van der Waals surface area contributed by atoms with E-state index >= 15 is 0 Å². The third-order valence-electron chi connectivity index (χ3n) is 5.10. The first-order valence-corrected chi connectivity index (χ1v) is 8.88. The highest BCUT2D eigenvalue weighted by Crippen LogP contribution is 2.33. The summed E-state index contributed by atoms with van der Waals surface area (Å²) in [4.78, 5) is 14.5. The smallest absolute Gasteiger partial charge is 0.274 e. The van der Waals surface area contributed by atoms with Gasteiger partial charge < -0.3 is 14.7 Å². The number of para-hydroxylation sites is 1. The third-order valence-corrected chi connectivity index (χ3v) is 5.10. The molecule has 7 heteroatoms. The molecule has 1 aromatic heterocycles. The Morgan fingerprint density at radius 3 is 3.00 bits per heavy atom. The maximum Gasteiger partial charge on any atom is 0.274 e. The zero-order valence-corrected chi connectivity index (χ0v) is 14.9. The second-order valence-electron chi connectivity index (χ2n) is 6.84. The molecule has 1 aromatic carbocycles. The van der Waals surface area contributed by atoms with Gasteiger partial charge in [-0.15, -0.1) is 0 Å². The molecule has 1 saturated heterocycles. The number of benzene rings is 1. The average molecular weight is 361 g/mol. The van der Waals surface area contributed by atoms with Crippen LogP contribution in [0.4, 0.5) is 4.39 Å². The van der Waals surface area contributed by atoms with E-state index in [9.17, 15) is 14.3 Å². The topological polar surface area (TPSA) is 78.5 Å². The Bertz CT molecular complexity index is 758. The molecule has 1 amide bonds. The van der Waals surface area contributed by atoms with Crippen LogP contribution in [0, 0.1) is 11.2 Å². The number of amides is 1. The molecule has 1 fully saturated rings. The summed E-state index contributed by atoms with van der Waals surface area (Å²) in [5.74, 6) is -0.442. The normalized spacial score (nSPS) is 20.2. The van der Waals surface area contributed by atoms with Crippen molar-refractivity contribution >= 4 is 5.91 Å². The molecule has 0 aliphatic carbocycles. The van der Waals surface area contributed by atoms with Gasteiger partial charge in [0.25, 0.3) is 5.91 Å². The van der Waals surface area contributed by atoms with Gasteiger partial charge in [-0.1, -0.05) is 19.1 Å². The van der Waals surface area contributed by atoms with Crippen LogP contribution in [0.3, 0.4) is 0 Å². The summed E-state index contributed by atoms with van der Waals surface area (Å²) in [6.45, 7) is 3.41. The highest BCUT2D eigenvalue weighted by atomic mass is 19.1. The first kappa shape index (κ1) is 18.4. The minimum atomic E-state index is -0.434. The molecule has 0 bridgehead atoms. The van der Waals surface area contributed by atoms with Crippen LogP contribution in [0.2, 0.25) is 0 Å². The number of hydrogen-bond donors (Lipinski definition) is 2. The molecule has 140 valence electrons. The van der Waals surface area contributed by atoms with Crippen LogP contribution in [0.25, 0.3) is 0 Å². The van der Waals surface area contributed by atoms with Crippen LogP contribution in [-0.4, -0.2) is 45.8 Å². The van der Waals surface area contributed by atoms with Crippen molar-refractivity contribution in [2.75, 3.05) is 19.7 Å². The number of piperidine rings is 1. The molecule has 1 atom stereocenters. The van der Waals surface area contributed by atoms with Crippen LogP contribution in [0.5, 0.6) is 5.75 Å². The number of aromatic amines is 1. The fraction of sp³-hybridized carbons (Fsp3) is 0.474. The maximum absolute atomic E-state index is 13.6.